The number of methoxy groups -OCH3 is 1. The summed E-state index contributed by atoms with van der Waals surface area (Å²) < 4.78 is 50.8. The van der Waals surface area contributed by atoms with Crippen molar-refractivity contribution in [2.75, 3.05) is 7.11 Å². The molecule has 0 radical (unpaired) electrons. The Labute approximate surface area is 156 Å². The Morgan fingerprint density at radius 3 is 2.33 bits per heavy atom. The Balaban J connectivity index is 1.86. The minimum absolute atomic E-state index is 0.184. The maximum atomic E-state index is 13.3. The fourth-order valence-corrected chi connectivity index (χ4v) is 3.09. The van der Waals surface area contributed by atoms with Crippen LogP contribution >= 0.6 is 0 Å². The molecule has 1 unspecified atom stereocenters. The number of rotatable bonds is 6. The van der Waals surface area contributed by atoms with Gasteiger partial charge in [0.1, 0.15) is 12.4 Å². The summed E-state index contributed by atoms with van der Waals surface area (Å²) in [7, 11) is 1.49. The lowest BCUT2D eigenvalue weighted by Gasteiger charge is -2.18. The summed E-state index contributed by atoms with van der Waals surface area (Å²) in [6.45, 7) is 2.05. The molecule has 142 valence electrons. The van der Waals surface area contributed by atoms with Gasteiger partial charge in [0.05, 0.1) is 11.7 Å². The molecule has 3 rings (SSSR count). The molecule has 0 aliphatic rings. The highest BCUT2D eigenvalue weighted by molar-refractivity contribution is 5.82. The first-order valence-corrected chi connectivity index (χ1v) is 8.76. The molecule has 0 aliphatic heterocycles. The lowest BCUT2D eigenvalue weighted by molar-refractivity contribution is -0.137. The van der Waals surface area contributed by atoms with Gasteiger partial charge >= 0.3 is 6.18 Å². The molecule has 0 spiro atoms. The van der Waals surface area contributed by atoms with Crippen LogP contribution in [0.15, 0.2) is 60.7 Å². The van der Waals surface area contributed by atoms with Crippen molar-refractivity contribution in [3.8, 4) is 5.75 Å². The van der Waals surface area contributed by atoms with Crippen molar-refractivity contribution < 1.29 is 22.6 Å². The minimum atomic E-state index is -4.44. The van der Waals surface area contributed by atoms with E-state index in [-0.39, 0.29) is 12.4 Å². The van der Waals surface area contributed by atoms with Crippen LogP contribution < -0.4 is 4.74 Å². The normalized spacial score (nSPS) is 12.9. The summed E-state index contributed by atoms with van der Waals surface area (Å²) in [5.41, 5.74) is 0.624. The van der Waals surface area contributed by atoms with E-state index in [0.29, 0.717) is 12.0 Å². The van der Waals surface area contributed by atoms with Crippen molar-refractivity contribution in [3.63, 3.8) is 0 Å². The van der Waals surface area contributed by atoms with Gasteiger partial charge in [-0.05, 0) is 52.6 Å². The van der Waals surface area contributed by atoms with Crippen molar-refractivity contribution in [1.29, 1.82) is 0 Å². The molecular formula is C22H21F3O2. The van der Waals surface area contributed by atoms with E-state index in [1.807, 2.05) is 49.4 Å². The van der Waals surface area contributed by atoms with Gasteiger partial charge in [-0.1, -0.05) is 43.3 Å². The number of benzene rings is 3. The third-order valence-electron chi connectivity index (χ3n) is 4.50. The predicted octanol–water partition coefficient (Wildman–Crippen LogP) is 6.54. The van der Waals surface area contributed by atoms with Gasteiger partial charge in [-0.2, -0.15) is 13.2 Å². The van der Waals surface area contributed by atoms with Crippen LogP contribution in [-0.2, 0) is 17.5 Å². The van der Waals surface area contributed by atoms with Crippen molar-refractivity contribution in [3.05, 3.63) is 77.4 Å². The molecule has 0 heterocycles. The maximum Gasteiger partial charge on any atom is 0.416 e. The summed E-state index contributed by atoms with van der Waals surface area (Å²) in [5.74, 6) is 0.184. The van der Waals surface area contributed by atoms with E-state index in [9.17, 15) is 13.2 Å². The number of alkyl halides is 3. The van der Waals surface area contributed by atoms with Crippen LogP contribution in [0.25, 0.3) is 10.8 Å². The van der Waals surface area contributed by atoms with Crippen LogP contribution in [0.5, 0.6) is 5.75 Å². The second-order valence-corrected chi connectivity index (χ2v) is 6.39. The topological polar surface area (TPSA) is 18.5 Å². The van der Waals surface area contributed by atoms with E-state index in [1.54, 1.807) is 6.07 Å². The number of hydrogen-bond acceptors (Lipinski definition) is 2. The molecule has 0 bridgehead atoms. The second kappa shape index (κ2) is 8.01. The van der Waals surface area contributed by atoms with Crippen molar-refractivity contribution in [2.45, 2.75) is 32.2 Å². The van der Waals surface area contributed by atoms with Crippen molar-refractivity contribution in [1.82, 2.24) is 0 Å². The summed E-state index contributed by atoms with van der Waals surface area (Å²) in [6, 6.07) is 17.6. The van der Waals surface area contributed by atoms with E-state index < -0.39 is 17.8 Å². The van der Waals surface area contributed by atoms with Crippen LogP contribution in [-0.4, -0.2) is 7.11 Å². The molecule has 0 saturated carbocycles. The zero-order valence-electron chi connectivity index (χ0n) is 15.2. The molecule has 27 heavy (non-hydrogen) atoms. The van der Waals surface area contributed by atoms with Gasteiger partial charge in [-0.25, -0.2) is 0 Å². The van der Waals surface area contributed by atoms with Crippen LogP contribution in [0.4, 0.5) is 13.2 Å². The van der Waals surface area contributed by atoms with Gasteiger partial charge in [-0.3, -0.25) is 0 Å². The van der Waals surface area contributed by atoms with Crippen LogP contribution in [0.2, 0.25) is 0 Å². The molecule has 3 aromatic rings. The SMILES string of the molecule is CCC(OC)c1cc(OCc2ccc3ccccc3c2)cc(C(F)(F)F)c1. The monoisotopic (exact) mass is 374 g/mol. The molecule has 5 heteroatoms. The third-order valence-corrected chi connectivity index (χ3v) is 4.50. The highest BCUT2D eigenvalue weighted by atomic mass is 19.4. The standard InChI is InChI=1S/C22H21F3O2/c1-3-21(26-2)18-11-19(22(23,24)25)13-20(12-18)27-14-15-8-9-16-6-4-5-7-17(16)10-15/h4-13,21H,3,14H2,1-2H3. The molecule has 0 amide bonds. The average molecular weight is 374 g/mol. The van der Waals surface area contributed by atoms with E-state index in [0.717, 1.165) is 28.5 Å². The first-order chi connectivity index (χ1) is 12.9. The maximum absolute atomic E-state index is 13.3. The molecule has 1 atom stereocenters. The molecule has 0 N–H and O–H groups in total. The zero-order valence-corrected chi connectivity index (χ0v) is 15.2. The van der Waals surface area contributed by atoms with Gasteiger partial charge in [0.2, 0.25) is 0 Å². The highest BCUT2D eigenvalue weighted by Gasteiger charge is 2.32. The number of ether oxygens (including phenoxy) is 2. The average Bonchev–Trinajstić information content (AvgIpc) is 2.66. The Hall–Kier alpha value is -2.53. The Kier molecular flexibility index (Phi) is 5.71. The number of hydrogen-bond donors (Lipinski definition) is 0. The summed E-state index contributed by atoms with van der Waals surface area (Å²) in [4.78, 5) is 0. The number of fused-ring (bicyclic) bond motifs is 1. The van der Waals surface area contributed by atoms with E-state index in [4.69, 9.17) is 9.47 Å². The third kappa shape index (κ3) is 4.61. The van der Waals surface area contributed by atoms with Gasteiger partial charge in [0, 0.05) is 7.11 Å². The van der Waals surface area contributed by atoms with Crippen LogP contribution in [0, 0.1) is 0 Å². The van der Waals surface area contributed by atoms with Gasteiger partial charge in [0.25, 0.3) is 0 Å². The van der Waals surface area contributed by atoms with Gasteiger partial charge in [-0.15, -0.1) is 0 Å². The predicted molar refractivity (Wildman–Crippen MR) is 99.8 cm³/mol. The quantitative estimate of drug-likeness (QED) is 0.488. The molecule has 0 aromatic heterocycles. The van der Waals surface area contributed by atoms with Gasteiger partial charge < -0.3 is 9.47 Å². The van der Waals surface area contributed by atoms with E-state index in [2.05, 4.69) is 0 Å². The summed E-state index contributed by atoms with van der Waals surface area (Å²) in [6.07, 6.45) is -4.28. The molecule has 0 fully saturated rings. The summed E-state index contributed by atoms with van der Waals surface area (Å²) >= 11 is 0. The fraction of sp³-hybridized carbons (Fsp3) is 0.273. The lowest BCUT2D eigenvalue weighted by atomic mass is 10.0. The summed E-state index contributed by atoms with van der Waals surface area (Å²) in [5, 5.41) is 2.17. The lowest BCUT2D eigenvalue weighted by Crippen LogP contribution is -2.09. The molecule has 0 saturated heterocycles. The van der Waals surface area contributed by atoms with Crippen LogP contribution in [0.1, 0.15) is 36.1 Å². The molecule has 0 aliphatic carbocycles. The first-order valence-electron chi connectivity index (χ1n) is 8.76. The molecular weight excluding hydrogens is 353 g/mol. The van der Waals surface area contributed by atoms with Crippen molar-refractivity contribution >= 4 is 10.8 Å². The highest BCUT2D eigenvalue weighted by Crippen LogP contribution is 2.35. The fourth-order valence-electron chi connectivity index (χ4n) is 3.09. The smallest absolute Gasteiger partial charge is 0.416 e. The van der Waals surface area contributed by atoms with E-state index in [1.165, 1.54) is 7.11 Å². The van der Waals surface area contributed by atoms with E-state index >= 15 is 0 Å². The Morgan fingerprint density at radius 1 is 0.926 bits per heavy atom. The van der Waals surface area contributed by atoms with Crippen LogP contribution in [0.3, 0.4) is 0 Å². The first kappa shape index (κ1) is 19.2. The Morgan fingerprint density at radius 2 is 1.67 bits per heavy atom. The second-order valence-electron chi connectivity index (χ2n) is 6.39. The number of halogens is 3. The molecule has 2 nitrogen and oxygen atoms in total. The van der Waals surface area contributed by atoms with Crippen molar-refractivity contribution in [2.24, 2.45) is 0 Å². The zero-order chi connectivity index (χ0) is 19.4. The van der Waals surface area contributed by atoms with Gasteiger partial charge in [0.15, 0.2) is 0 Å². The Bertz CT molecular complexity index is 915. The minimum Gasteiger partial charge on any atom is -0.489 e. The molecule has 3 aromatic carbocycles. The largest absolute Gasteiger partial charge is 0.489 e.